The van der Waals surface area contributed by atoms with E-state index in [9.17, 15) is 13.0 Å². The lowest BCUT2D eigenvalue weighted by atomic mass is 10.1. The molecule has 0 aliphatic rings. The fourth-order valence-electron chi connectivity index (χ4n) is 4.03. The number of benzene rings is 4. The van der Waals surface area contributed by atoms with Gasteiger partial charge in [0.1, 0.15) is 17.2 Å². The molecule has 45 heavy (non-hydrogen) atoms. The first-order chi connectivity index (χ1) is 21.7. The highest BCUT2D eigenvalue weighted by atomic mass is 32.2. The van der Waals surface area contributed by atoms with E-state index in [1.807, 2.05) is 60.7 Å². The van der Waals surface area contributed by atoms with E-state index >= 15 is 0 Å². The molecule has 0 spiro atoms. The molecule has 4 aromatic carbocycles. The van der Waals surface area contributed by atoms with Crippen LogP contribution in [0.3, 0.4) is 0 Å². The van der Waals surface area contributed by atoms with E-state index in [4.69, 9.17) is 32.5 Å². The van der Waals surface area contributed by atoms with E-state index in [0.717, 1.165) is 16.5 Å². The monoisotopic (exact) mass is 655 g/mol. The van der Waals surface area contributed by atoms with Crippen molar-refractivity contribution < 1.29 is 45.5 Å². The van der Waals surface area contributed by atoms with Gasteiger partial charge in [0.15, 0.2) is 11.5 Å². The highest BCUT2D eigenvalue weighted by molar-refractivity contribution is 7.95. The molecule has 0 fully saturated rings. The van der Waals surface area contributed by atoms with Crippen LogP contribution < -0.4 is 28.2 Å². The van der Waals surface area contributed by atoms with Crippen LogP contribution in [-0.2, 0) is 36.8 Å². The van der Waals surface area contributed by atoms with Gasteiger partial charge < -0.3 is 23.5 Å². The van der Waals surface area contributed by atoms with Gasteiger partial charge in [-0.3, -0.25) is 13.8 Å². The summed E-state index contributed by atoms with van der Waals surface area (Å²) in [6.45, 7) is -0.130. The van der Waals surface area contributed by atoms with Crippen LogP contribution in [0, 0.1) is 0 Å². The van der Waals surface area contributed by atoms with Crippen molar-refractivity contribution in [3.63, 3.8) is 0 Å². The lowest BCUT2D eigenvalue weighted by Crippen LogP contribution is -2.09. The van der Waals surface area contributed by atoms with E-state index in [2.05, 4.69) is 4.72 Å². The third-order valence-corrected chi connectivity index (χ3v) is 8.59. The number of rotatable bonds is 16. The quantitative estimate of drug-likeness (QED) is 0.125. The summed E-state index contributed by atoms with van der Waals surface area (Å²) in [7, 11) is -2.56. The van der Waals surface area contributed by atoms with E-state index in [1.165, 1.54) is 52.7 Å². The van der Waals surface area contributed by atoms with Gasteiger partial charge >= 0.3 is 7.82 Å². The molecule has 1 N–H and O–H groups in total. The topological polar surface area (TPSA) is 128 Å². The largest absolute Gasteiger partial charge is 0.530 e. The molecule has 0 heterocycles. The van der Waals surface area contributed by atoms with Crippen molar-refractivity contribution >= 4 is 29.6 Å². The average molecular weight is 656 g/mol. The normalized spacial score (nSPS) is 11.6. The van der Waals surface area contributed by atoms with Crippen LogP contribution in [0.1, 0.15) is 16.7 Å². The molecule has 0 saturated carbocycles. The third-order valence-electron chi connectivity index (χ3n) is 6.27. The smallest absolute Gasteiger partial charge is 0.496 e. The Kier molecular flexibility index (Phi) is 11.5. The minimum absolute atomic E-state index is 0.0649. The summed E-state index contributed by atoms with van der Waals surface area (Å²) in [5.41, 5.74) is 1.98. The molecule has 0 saturated heterocycles. The SMILES string of the molecule is COc1cc(OC)c(/C=C/S(=O)(=O)Nc2ccc(OC)c(OP(=O)(OCc3ccccc3)OCc3ccccc3)c2)c(OC)c1. The van der Waals surface area contributed by atoms with Crippen molar-refractivity contribution in [2.24, 2.45) is 0 Å². The molecule has 0 amide bonds. The molecular weight excluding hydrogens is 621 g/mol. The van der Waals surface area contributed by atoms with E-state index in [0.29, 0.717) is 22.8 Å². The maximum atomic E-state index is 13.9. The van der Waals surface area contributed by atoms with Gasteiger partial charge in [0.25, 0.3) is 10.0 Å². The highest BCUT2D eigenvalue weighted by Crippen LogP contribution is 2.53. The summed E-state index contributed by atoms with van der Waals surface area (Å²) < 4.78 is 81.2. The van der Waals surface area contributed by atoms with Gasteiger partial charge in [-0.05, 0) is 29.3 Å². The fraction of sp³-hybridized carbons (Fsp3) is 0.188. The minimum Gasteiger partial charge on any atom is -0.496 e. The van der Waals surface area contributed by atoms with E-state index in [1.54, 1.807) is 12.1 Å². The zero-order valence-electron chi connectivity index (χ0n) is 25.2. The molecule has 0 atom stereocenters. The first kappa shape index (κ1) is 33.4. The van der Waals surface area contributed by atoms with Gasteiger partial charge in [-0.15, -0.1) is 0 Å². The van der Waals surface area contributed by atoms with Gasteiger partial charge in [0, 0.05) is 18.2 Å². The van der Waals surface area contributed by atoms with Gasteiger partial charge in [0.05, 0.1) is 58.3 Å². The van der Waals surface area contributed by atoms with Crippen molar-refractivity contribution in [1.82, 2.24) is 0 Å². The van der Waals surface area contributed by atoms with Crippen molar-refractivity contribution in [1.29, 1.82) is 0 Å². The van der Waals surface area contributed by atoms with Crippen LogP contribution in [0.5, 0.6) is 28.7 Å². The Bertz CT molecular complexity index is 1680. The summed E-state index contributed by atoms with van der Waals surface area (Å²) in [6.07, 6.45) is 1.34. The Morgan fingerprint density at radius 1 is 0.667 bits per heavy atom. The molecule has 4 rings (SSSR count). The first-order valence-corrected chi connectivity index (χ1v) is 16.5. The number of ether oxygens (including phenoxy) is 4. The van der Waals surface area contributed by atoms with E-state index in [-0.39, 0.29) is 30.4 Å². The van der Waals surface area contributed by atoms with Crippen LogP contribution in [0.15, 0.2) is 96.4 Å². The average Bonchev–Trinajstić information content (AvgIpc) is 3.06. The number of methoxy groups -OCH3 is 4. The van der Waals surface area contributed by atoms with Crippen LogP contribution in [0.2, 0.25) is 0 Å². The summed E-state index contributed by atoms with van der Waals surface area (Å²) in [5, 5.41) is 0.960. The maximum Gasteiger partial charge on any atom is 0.530 e. The van der Waals surface area contributed by atoms with Crippen molar-refractivity contribution in [3.05, 3.63) is 113 Å². The van der Waals surface area contributed by atoms with Gasteiger partial charge in [0.2, 0.25) is 0 Å². The number of nitrogens with one attached hydrogen (secondary N) is 1. The molecular formula is C32H34NO10PS. The predicted molar refractivity (Wildman–Crippen MR) is 171 cm³/mol. The fourth-order valence-corrected chi connectivity index (χ4v) is 6.05. The Morgan fingerprint density at radius 2 is 1.20 bits per heavy atom. The Balaban J connectivity index is 1.58. The number of hydrogen-bond acceptors (Lipinski definition) is 10. The second-order valence-corrected chi connectivity index (χ2v) is 12.5. The van der Waals surface area contributed by atoms with Crippen LogP contribution >= 0.6 is 7.82 Å². The number of phosphoric ester groups is 1. The second-order valence-electron chi connectivity index (χ2n) is 9.32. The molecule has 0 aliphatic heterocycles. The van der Waals surface area contributed by atoms with Gasteiger partial charge in [-0.1, -0.05) is 60.7 Å². The van der Waals surface area contributed by atoms with Gasteiger partial charge in [-0.25, -0.2) is 13.0 Å². The van der Waals surface area contributed by atoms with Gasteiger partial charge in [-0.2, -0.15) is 0 Å². The predicted octanol–water partition coefficient (Wildman–Crippen LogP) is 7.05. The summed E-state index contributed by atoms with van der Waals surface area (Å²) in [5.74, 6) is 1.28. The number of sulfonamides is 1. The lowest BCUT2D eigenvalue weighted by Gasteiger charge is -2.20. The molecule has 0 radical (unpaired) electrons. The summed E-state index contributed by atoms with van der Waals surface area (Å²) in [4.78, 5) is 0. The molecule has 11 nitrogen and oxygen atoms in total. The van der Waals surface area contributed by atoms with E-state index < -0.39 is 17.8 Å². The zero-order valence-corrected chi connectivity index (χ0v) is 26.9. The van der Waals surface area contributed by atoms with Crippen molar-refractivity contribution in [3.8, 4) is 28.7 Å². The maximum absolute atomic E-state index is 13.9. The molecule has 13 heteroatoms. The molecule has 4 aromatic rings. The Hall–Kier alpha value is -4.48. The lowest BCUT2D eigenvalue weighted by molar-refractivity contribution is 0.142. The Morgan fingerprint density at radius 3 is 1.69 bits per heavy atom. The van der Waals surface area contributed by atoms with Crippen LogP contribution in [0.4, 0.5) is 5.69 Å². The van der Waals surface area contributed by atoms with Crippen LogP contribution in [-0.4, -0.2) is 36.9 Å². The standard InChI is InChI=1S/C32H34NO10PS/c1-37-27-20-30(39-3)28(31(21-27)40-4)17-18-45(35,36)33-26-15-16-29(38-2)32(19-26)43-44(34,41-22-24-11-7-5-8-12-24)42-23-25-13-9-6-10-14-25/h5-21,33H,22-23H2,1-4H3/b18-17+. The molecule has 0 bridgehead atoms. The molecule has 238 valence electrons. The Labute approximate surface area is 262 Å². The van der Waals surface area contributed by atoms with Crippen molar-refractivity contribution in [2.45, 2.75) is 13.2 Å². The number of anilines is 1. The highest BCUT2D eigenvalue weighted by Gasteiger charge is 2.31. The number of phosphoric acid groups is 1. The van der Waals surface area contributed by atoms with Crippen LogP contribution in [0.25, 0.3) is 6.08 Å². The summed E-state index contributed by atoms with van der Waals surface area (Å²) in [6, 6.07) is 25.7. The minimum atomic E-state index is -4.27. The van der Waals surface area contributed by atoms with Crippen molar-refractivity contribution in [2.75, 3.05) is 33.2 Å². The molecule has 0 aromatic heterocycles. The number of hydrogen-bond donors (Lipinski definition) is 1. The molecule has 0 unspecified atom stereocenters. The third kappa shape index (κ3) is 9.50. The second kappa shape index (κ2) is 15.5. The first-order valence-electron chi connectivity index (χ1n) is 13.5. The summed E-state index contributed by atoms with van der Waals surface area (Å²) >= 11 is 0. The zero-order chi connectivity index (χ0) is 32.3. The molecule has 0 aliphatic carbocycles.